The number of aryl methyl sites for hydroxylation is 2. The van der Waals surface area contributed by atoms with Gasteiger partial charge in [0.15, 0.2) is 0 Å². The van der Waals surface area contributed by atoms with Gasteiger partial charge in [-0.3, -0.25) is 15.0 Å². The van der Waals surface area contributed by atoms with Crippen molar-refractivity contribution < 1.29 is 9.59 Å². The van der Waals surface area contributed by atoms with Crippen molar-refractivity contribution in [1.82, 2.24) is 5.43 Å². The fourth-order valence-corrected chi connectivity index (χ4v) is 2.14. The van der Waals surface area contributed by atoms with Crippen LogP contribution in [0, 0.1) is 19.8 Å². The molecule has 1 atom stereocenters. The van der Waals surface area contributed by atoms with E-state index in [1.807, 2.05) is 32.0 Å². The molecule has 1 aliphatic heterocycles. The second-order valence-electron chi connectivity index (χ2n) is 4.68. The van der Waals surface area contributed by atoms with E-state index in [-0.39, 0.29) is 24.2 Å². The lowest BCUT2D eigenvalue weighted by atomic mass is 10.1. The fraction of sp³-hybridized carbons (Fsp3) is 0.385. The summed E-state index contributed by atoms with van der Waals surface area (Å²) < 4.78 is 0. The van der Waals surface area contributed by atoms with Crippen molar-refractivity contribution in [2.75, 3.05) is 11.4 Å². The Balaban J connectivity index is 2.21. The molecule has 2 amide bonds. The summed E-state index contributed by atoms with van der Waals surface area (Å²) in [5, 5.41) is 0. The smallest absolute Gasteiger partial charge is 0.239 e. The summed E-state index contributed by atoms with van der Waals surface area (Å²) >= 11 is 0. The maximum absolute atomic E-state index is 11.9. The molecule has 1 saturated heterocycles. The highest BCUT2D eigenvalue weighted by molar-refractivity contribution is 6.00. The van der Waals surface area contributed by atoms with Crippen LogP contribution in [0.15, 0.2) is 18.2 Å². The van der Waals surface area contributed by atoms with Crippen molar-refractivity contribution in [2.45, 2.75) is 20.3 Å². The number of carbonyl (C=O) groups is 2. The molecule has 1 heterocycles. The minimum absolute atomic E-state index is 0.0353. The van der Waals surface area contributed by atoms with Gasteiger partial charge in [-0.15, -0.1) is 0 Å². The molecule has 1 aromatic carbocycles. The molecule has 0 radical (unpaired) electrons. The Kier molecular flexibility index (Phi) is 3.34. The summed E-state index contributed by atoms with van der Waals surface area (Å²) in [6.45, 7) is 4.42. The fourth-order valence-electron chi connectivity index (χ4n) is 2.14. The molecule has 0 spiro atoms. The van der Waals surface area contributed by atoms with Crippen molar-refractivity contribution in [3.05, 3.63) is 29.3 Å². The first-order valence-electron chi connectivity index (χ1n) is 5.91. The van der Waals surface area contributed by atoms with Crippen molar-refractivity contribution >= 4 is 17.5 Å². The van der Waals surface area contributed by atoms with E-state index in [9.17, 15) is 9.59 Å². The normalized spacial score (nSPS) is 19.2. The van der Waals surface area contributed by atoms with Crippen molar-refractivity contribution in [3.63, 3.8) is 0 Å². The largest absolute Gasteiger partial charge is 0.312 e. The Hall–Kier alpha value is -1.88. The summed E-state index contributed by atoms with van der Waals surface area (Å²) in [6.07, 6.45) is 0.218. The third kappa shape index (κ3) is 2.22. The molecule has 1 aromatic rings. The van der Waals surface area contributed by atoms with Gasteiger partial charge in [0.2, 0.25) is 11.8 Å². The minimum atomic E-state index is -0.357. The number of hydrogen-bond donors (Lipinski definition) is 2. The number of anilines is 1. The van der Waals surface area contributed by atoms with Crippen LogP contribution in [-0.2, 0) is 9.59 Å². The van der Waals surface area contributed by atoms with Crippen LogP contribution in [-0.4, -0.2) is 18.4 Å². The van der Waals surface area contributed by atoms with Gasteiger partial charge in [-0.2, -0.15) is 0 Å². The first kappa shape index (κ1) is 12.6. The quantitative estimate of drug-likeness (QED) is 0.457. The molecule has 2 rings (SSSR count). The molecular weight excluding hydrogens is 230 g/mol. The van der Waals surface area contributed by atoms with Crippen molar-refractivity contribution in [1.29, 1.82) is 0 Å². The van der Waals surface area contributed by atoms with Gasteiger partial charge in [-0.1, -0.05) is 6.07 Å². The van der Waals surface area contributed by atoms with E-state index < -0.39 is 0 Å². The van der Waals surface area contributed by atoms with Crippen molar-refractivity contribution in [3.8, 4) is 0 Å². The van der Waals surface area contributed by atoms with Crippen LogP contribution in [0.25, 0.3) is 0 Å². The Morgan fingerprint density at radius 2 is 2.11 bits per heavy atom. The van der Waals surface area contributed by atoms with E-state index >= 15 is 0 Å². The zero-order chi connectivity index (χ0) is 13.3. The molecule has 0 aliphatic carbocycles. The van der Waals surface area contributed by atoms with Gasteiger partial charge in [0, 0.05) is 18.7 Å². The van der Waals surface area contributed by atoms with E-state index in [2.05, 4.69) is 5.43 Å². The number of nitrogens with zero attached hydrogens (tertiary/aromatic N) is 1. The highest BCUT2D eigenvalue weighted by Crippen LogP contribution is 2.26. The van der Waals surface area contributed by atoms with Gasteiger partial charge < -0.3 is 4.90 Å². The maximum atomic E-state index is 11.9. The highest BCUT2D eigenvalue weighted by atomic mass is 16.2. The lowest BCUT2D eigenvalue weighted by molar-refractivity contribution is -0.126. The molecule has 0 unspecified atom stereocenters. The first-order chi connectivity index (χ1) is 8.52. The third-order valence-electron chi connectivity index (χ3n) is 3.44. The summed E-state index contributed by atoms with van der Waals surface area (Å²) in [5.74, 6) is 4.42. The molecule has 1 fully saturated rings. The molecule has 5 heteroatoms. The topological polar surface area (TPSA) is 75.4 Å². The maximum Gasteiger partial charge on any atom is 0.239 e. The Morgan fingerprint density at radius 3 is 2.72 bits per heavy atom. The van der Waals surface area contributed by atoms with Crippen LogP contribution < -0.4 is 16.2 Å². The van der Waals surface area contributed by atoms with E-state index in [4.69, 9.17) is 5.84 Å². The summed E-state index contributed by atoms with van der Waals surface area (Å²) in [7, 11) is 0. The van der Waals surface area contributed by atoms with Crippen molar-refractivity contribution in [2.24, 2.45) is 11.8 Å². The number of nitrogens with one attached hydrogen (secondary N) is 1. The van der Waals surface area contributed by atoms with Crippen LogP contribution in [0.2, 0.25) is 0 Å². The van der Waals surface area contributed by atoms with Gasteiger partial charge in [-0.05, 0) is 37.1 Å². The summed E-state index contributed by atoms with van der Waals surface area (Å²) in [5.41, 5.74) is 5.26. The van der Waals surface area contributed by atoms with E-state index in [1.165, 1.54) is 5.56 Å². The van der Waals surface area contributed by atoms with E-state index in [0.717, 1.165) is 11.3 Å². The predicted octanol–water partition coefficient (Wildman–Crippen LogP) is 0.646. The van der Waals surface area contributed by atoms with Gasteiger partial charge in [-0.25, -0.2) is 5.84 Å². The van der Waals surface area contributed by atoms with Crippen LogP contribution in [0.4, 0.5) is 5.69 Å². The molecule has 96 valence electrons. The molecule has 3 N–H and O–H groups in total. The zero-order valence-corrected chi connectivity index (χ0v) is 10.6. The predicted molar refractivity (Wildman–Crippen MR) is 68.7 cm³/mol. The standard InChI is InChI=1S/C13H17N3O2/c1-8-3-4-11(5-9(8)2)16-7-10(6-12(16)17)13(18)15-14/h3-5,10H,6-7,14H2,1-2H3,(H,15,18)/t10-/m1/s1. The van der Waals surface area contributed by atoms with Crippen LogP contribution in [0.5, 0.6) is 0 Å². The average molecular weight is 247 g/mol. The van der Waals surface area contributed by atoms with Crippen LogP contribution in [0.3, 0.4) is 0 Å². The zero-order valence-electron chi connectivity index (χ0n) is 10.6. The molecule has 0 bridgehead atoms. The monoisotopic (exact) mass is 247 g/mol. The van der Waals surface area contributed by atoms with E-state index in [0.29, 0.717) is 6.54 Å². The average Bonchev–Trinajstić information content (AvgIpc) is 2.74. The summed E-state index contributed by atoms with van der Waals surface area (Å²) in [6, 6.07) is 5.85. The number of rotatable bonds is 2. The molecule has 5 nitrogen and oxygen atoms in total. The number of benzene rings is 1. The Labute approximate surface area is 106 Å². The Morgan fingerprint density at radius 1 is 1.39 bits per heavy atom. The Bertz CT molecular complexity index is 499. The SMILES string of the molecule is Cc1ccc(N2C[C@H](C(=O)NN)CC2=O)cc1C. The van der Waals surface area contributed by atoms with E-state index in [1.54, 1.807) is 4.90 Å². The lowest BCUT2D eigenvalue weighted by Gasteiger charge is -2.17. The number of hydrazine groups is 1. The number of amides is 2. The lowest BCUT2D eigenvalue weighted by Crippen LogP contribution is -2.37. The molecular formula is C13H17N3O2. The molecule has 0 saturated carbocycles. The first-order valence-corrected chi connectivity index (χ1v) is 5.91. The van der Waals surface area contributed by atoms with Crippen LogP contribution >= 0.6 is 0 Å². The summed E-state index contributed by atoms with van der Waals surface area (Å²) in [4.78, 5) is 25.0. The highest BCUT2D eigenvalue weighted by Gasteiger charge is 2.34. The minimum Gasteiger partial charge on any atom is -0.312 e. The number of nitrogens with two attached hydrogens (primary N) is 1. The third-order valence-corrected chi connectivity index (χ3v) is 3.44. The molecule has 1 aliphatic rings. The molecule has 0 aromatic heterocycles. The molecule has 18 heavy (non-hydrogen) atoms. The number of carbonyl (C=O) groups excluding carboxylic acids is 2. The second kappa shape index (κ2) is 4.78. The second-order valence-corrected chi connectivity index (χ2v) is 4.68. The van der Waals surface area contributed by atoms with Gasteiger partial charge in [0.1, 0.15) is 0 Å². The van der Waals surface area contributed by atoms with Crippen LogP contribution in [0.1, 0.15) is 17.5 Å². The van der Waals surface area contributed by atoms with Gasteiger partial charge in [0.25, 0.3) is 0 Å². The van der Waals surface area contributed by atoms with Gasteiger partial charge >= 0.3 is 0 Å². The van der Waals surface area contributed by atoms with Gasteiger partial charge in [0.05, 0.1) is 5.92 Å². The number of hydrogen-bond acceptors (Lipinski definition) is 3.